The van der Waals surface area contributed by atoms with E-state index in [-0.39, 0.29) is 5.91 Å². The van der Waals surface area contributed by atoms with Gasteiger partial charge in [0.15, 0.2) is 5.79 Å². The summed E-state index contributed by atoms with van der Waals surface area (Å²) >= 11 is 4.87. The van der Waals surface area contributed by atoms with Crippen molar-refractivity contribution in [3.05, 3.63) is 20.8 Å². The molecule has 2 saturated heterocycles. The molecule has 98 valence electrons. The van der Waals surface area contributed by atoms with E-state index in [1.165, 1.54) is 11.3 Å². The average molecular weight is 332 g/mol. The van der Waals surface area contributed by atoms with Gasteiger partial charge in [-0.05, 0) is 33.8 Å². The second-order valence-electron chi connectivity index (χ2n) is 4.54. The van der Waals surface area contributed by atoms with Crippen molar-refractivity contribution >= 4 is 33.2 Å². The van der Waals surface area contributed by atoms with Gasteiger partial charge in [-0.3, -0.25) is 4.79 Å². The standard InChI is InChI=1S/C12H14BrNO3S/c13-9-2-7-18-10(9)11(15)14-4-1-3-12(8-14)16-5-6-17-12/h2,7H,1,3-6,8H2. The molecule has 1 aromatic heterocycles. The van der Waals surface area contributed by atoms with Gasteiger partial charge in [0.2, 0.25) is 0 Å². The van der Waals surface area contributed by atoms with Gasteiger partial charge in [0.25, 0.3) is 5.91 Å². The fourth-order valence-corrected chi connectivity index (χ4v) is 3.99. The second-order valence-corrected chi connectivity index (χ2v) is 6.31. The number of likely N-dealkylation sites (tertiary alicyclic amines) is 1. The zero-order valence-electron chi connectivity index (χ0n) is 9.86. The molecule has 0 unspecified atom stereocenters. The van der Waals surface area contributed by atoms with E-state index in [0.717, 1.165) is 28.7 Å². The van der Waals surface area contributed by atoms with E-state index < -0.39 is 5.79 Å². The monoisotopic (exact) mass is 331 g/mol. The van der Waals surface area contributed by atoms with Crippen molar-refractivity contribution < 1.29 is 14.3 Å². The van der Waals surface area contributed by atoms with Crippen LogP contribution in [0, 0.1) is 0 Å². The maximum absolute atomic E-state index is 12.4. The Morgan fingerprint density at radius 3 is 2.89 bits per heavy atom. The van der Waals surface area contributed by atoms with E-state index in [0.29, 0.717) is 19.8 Å². The second kappa shape index (κ2) is 4.92. The summed E-state index contributed by atoms with van der Waals surface area (Å²) < 4.78 is 12.2. The van der Waals surface area contributed by atoms with Crippen LogP contribution in [-0.4, -0.2) is 42.9 Å². The lowest BCUT2D eigenvalue weighted by Crippen LogP contribution is -2.50. The largest absolute Gasteiger partial charge is 0.346 e. The molecule has 0 aliphatic carbocycles. The van der Waals surface area contributed by atoms with Gasteiger partial charge in [0.05, 0.1) is 19.8 Å². The molecule has 2 aliphatic heterocycles. The molecule has 6 heteroatoms. The van der Waals surface area contributed by atoms with E-state index in [9.17, 15) is 4.79 Å². The Balaban J connectivity index is 1.76. The summed E-state index contributed by atoms with van der Waals surface area (Å²) in [5.74, 6) is -0.479. The molecule has 0 atom stereocenters. The predicted molar refractivity (Wildman–Crippen MR) is 71.8 cm³/mol. The van der Waals surface area contributed by atoms with Crippen LogP contribution in [0.15, 0.2) is 15.9 Å². The molecular weight excluding hydrogens is 318 g/mol. The van der Waals surface area contributed by atoms with Crippen LogP contribution in [-0.2, 0) is 9.47 Å². The fourth-order valence-electron chi connectivity index (χ4n) is 2.48. The van der Waals surface area contributed by atoms with Crippen LogP contribution in [0.1, 0.15) is 22.5 Å². The first-order valence-corrected chi connectivity index (χ1v) is 7.68. The highest BCUT2D eigenvalue weighted by molar-refractivity contribution is 9.10. The summed E-state index contributed by atoms with van der Waals surface area (Å²) in [5, 5.41) is 1.92. The Morgan fingerprint density at radius 1 is 1.44 bits per heavy atom. The molecule has 1 spiro atoms. The third kappa shape index (κ3) is 2.22. The predicted octanol–water partition coefficient (Wildman–Crippen LogP) is 2.49. The summed E-state index contributed by atoms with van der Waals surface area (Å²) in [6, 6.07) is 1.90. The van der Waals surface area contributed by atoms with Crippen LogP contribution in [0.5, 0.6) is 0 Å². The molecule has 0 bridgehead atoms. The topological polar surface area (TPSA) is 38.8 Å². The smallest absolute Gasteiger partial charge is 0.265 e. The lowest BCUT2D eigenvalue weighted by molar-refractivity contribution is -0.183. The highest BCUT2D eigenvalue weighted by atomic mass is 79.9. The summed E-state index contributed by atoms with van der Waals surface area (Å²) in [5.41, 5.74) is 0. The van der Waals surface area contributed by atoms with Crippen molar-refractivity contribution in [2.24, 2.45) is 0 Å². The van der Waals surface area contributed by atoms with Gasteiger partial charge in [-0.2, -0.15) is 0 Å². The number of piperidine rings is 1. The van der Waals surface area contributed by atoms with Gasteiger partial charge in [-0.1, -0.05) is 0 Å². The minimum atomic E-state index is -0.544. The minimum Gasteiger partial charge on any atom is -0.346 e. The molecule has 2 aliphatic rings. The Kier molecular flexibility index (Phi) is 3.44. The quantitative estimate of drug-likeness (QED) is 0.793. The van der Waals surface area contributed by atoms with Crippen LogP contribution in [0.4, 0.5) is 0 Å². The third-order valence-electron chi connectivity index (χ3n) is 3.33. The summed E-state index contributed by atoms with van der Waals surface area (Å²) in [6.45, 7) is 2.57. The van der Waals surface area contributed by atoms with Gasteiger partial charge in [-0.15, -0.1) is 11.3 Å². The first-order chi connectivity index (χ1) is 8.70. The van der Waals surface area contributed by atoms with Crippen LogP contribution in [0.25, 0.3) is 0 Å². The van der Waals surface area contributed by atoms with Crippen molar-refractivity contribution in [1.82, 2.24) is 4.90 Å². The molecule has 0 aromatic carbocycles. The van der Waals surface area contributed by atoms with E-state index in [1.807, 2.05) is 16.3 Å². The number of ether oxygens (including phenoxy) is 2. The number of carbonyl (C=O) groups is 1. The number of halogens is 1. The van der Waals surface area contributed by atoms with Gasteiger partial charge in [0.1, 0.15) is 4.88 Å². The summed E-state index contributed by atoms with van der Waals surface area (Å²) in [4.78, 5) is 15.0. The minimum absolute atomic E-state index is 0.0649. The molecule has 2 fully saturated rings. The Bertz CT molecular complexity index is 456. The maximum Gasteiger partial charge on any atom is 0.265 e. The highest BCUT2D eigenvalue weighted by Crippen LogP contribution is 2.32. The van der Waals surface area contributed by atoms with E-state index in [2.05, 4.69) is 15.9 Å². The van der Waals surface area contributed by atoms with Gasteiger partial charge >= 0.3 is 0 Å². The van der Waals surface area contributed by atoms with Crippen LogP contribution in [0.2, 0.25) is 0 Å². The van der Waals surface area contributed by atoms with E-state index >= 15 is 0 Å². The van der Waals surface area contributed by atoms with Crippen molar-refractivity contribution in [3.8, 4) is 0 Å². The van der Waals surface area contributed by atoms with Crippen molar-refractivity contribution in [1.29, 1.82) is 0 Å². The van der Waals surface area contributed by atoms with Gasteiger partial charge in [0, 0.05) is 17.4 Å². The number of amides is 1. The van der Waals surface area contributed by atoms with Crippen LogP contribution < -0.4 is 0 Å². The fraction of sp³-hybridized carbons (Fsp3) is 0.583. The molecule has 1 aromatic rings. The Hall–Kier alpha value is -0.430. The molecule has 1 amide bonds. The normalized spacial score (nSPS) is 22.6. The third-order valence-corrected chi connectivity index (χ3v) is 5.16. The number of hydrogen-bond acceptors (Lipinski definition) is 4. The number of hydrogen-bond donors (Lipinski definition) is 0. The SMILES string of the molecule is O=C(c1sccc1Br)N1CCCC2(C1)OCCO2. The molecule has 3 heterocycles. The van der Waals surface area contributed by atoms with Crippen LogP contribution >= 0.6 is 27.3 Å². The van der Waals surface area contributed by atoms with Crippen molar-refractivity contribution in [2.75, 3.05) is 26.3 Å². The van der Waals surface area contributed by atoms with Crippen LogP contribution in [0.3, 0.4) is 0 Å². The zero-order chi connectivity index (χ0) is 12.6. The highest BCUT2D eigenvalue weighted by Gasteiger charge is 2.42. The van der Waals surface area contributed by atoms with Gasteiger partial charge < -0.3 is 14.4 Å². The number of carbonyl (C=O) groups excluding carboxylic acids is 1. The maximum atomic E-state index is 12.4. The first-order valence-electron chi connectivity index (χ1n) is 6.00. The molecule has 0 N–H and O–H groups in total. The molecule has 3 rings (SSSR count). The number of nitrogens with zero attached hydrogens (tertiary/aromatic N) is 1. The zero-order valence-corrected chi connectivity index (χ0v) is 12.3. The Morgan fingerprint density at radius 2 is 2.22 bits per heavy atom. The number of thiophene rings is 1. The molecule has 0 saturated carbocycles. The lowest BCUT2D eigenvalue weighted by atomic mass is 10.0. The van der Waals surface area contributed by atoms with Gasteiger partial charge in [-0.25, -0.2) is 0 Å². The molecule has 0 radical (unpaired) electrons. The summed E-state index contributed by atoms with van der Waals surface area (Å²) in [6.07, 6.45) is 1.80. The Labute approximate surface area is 118 Å². The molecular formula is C12H14BrNO3S. The number of rotatable bonds is 1. The average Bonchev–Trinajstić information content (AvgIpc) is 2.98. The van der Waals surface area contributed by atoms with E-state index in [4.69, 9.17) is 9.47 Å². The van der Waals surface area contributed by atoms with Crippen molar-refractivity contribution in [3.63, 3.8) is 0 Å². The molecule has 4 nitrogen and oxygen atoms in total. The van der Waals surface area contributed by atoms with Crippen molar-refractivity contribution in [2.45, 2.75) is 18.6 Å². The summed E-state index contributed by atoms with van der Waals surface area (Å²) in [7, 11) is 0. The lowest BCUT2D eigenvalue weighted by Gasteiger charge is -2.38. The molecule has 18 heavy (non-hydrogen) atoms. The first kappa shape index (κ1) is 12.6. The van der Waals surface area contributed by atoms with E-state index in [1.54, 1.807) is 0 Å².